The molecule has 0 radical (unpaired) electrons. The molecular weight excluding hydrogens is 368 g/mol. The van der Waals surface area contributed by atoms with E-state index in [1.165, 1.54) is 24.8 Å². The van der Waals surface area contributed by atoms with E-state index in [2.05, 4.69) is 25.9 Å². The quantitative estimate of drug-likeness (QED) is 0.692. The summed E-state index contributed by atoms with van der Waals surface area (Å²) >= 11 is 3.34. The first-order chi connectivity index (χ1) is 10.8. The van der Waals surface area contributed by atoms with Crippen LogP contribution in [-0.2, 0) is 14.1 Å². The van der Waals surface area contributed by atoms with Gasteiger partial charge in [0.25, 0.3) is 5.56 Å². The fourth-order valence-corrected chi connectivity index (χ4v) is 2.86. The molecule has 9 heteroatoms. The van der Waals surface area contributed by atoms with Crippen LogP contribution in [0.2, 0.25) is 0 Å². The van der Waals surface area contributed by atoms with Crippen LogP contribution in [0, 0.1) is 0 Å². The molecule has 0 amide bonds. The lowest BCUT2D eigenvalue weighted by molar-refractivity contribution is 0.373. The highest BCUT2D eigenvalue weighted by molar-refractivity contribution is 9.10. The van der Waals surface area contributed by atoms with Crippen molar-refractivity contribution in [2.45, 2.75) is 0 Å². The number of fused-ring (bicyclic) bond motifs is 1. The van der Waals surface area contributed by atoms with Gasteiger partial charge in [-0.3, -0.25) is 13.9 Å². The number of aromatic nitrogens is 4. The summed E-state index contributed by atoms with van der Waals surface area (Å²) in [6, 6.07) is 3.05. The van der Waals surface area contributed by atoms with E-state index in [-0.39, 0.29) is 22.7 Å². The van der Waals surface area contributed by atoms with Crippen LogP contribution in [-0.4, -0.2) is 31.3 Å². The molecule has 2 N–H and O–H groups in total. The Morgan fingerprint density at radius 2 is 1.96 bits per heavy atom. The van der Waals surface area contributed by atoms with Crippen LogP contribution in [0.4, 0.5) is 0 Å². The smallest absolute Gasteiger partial charge is 0.332 e. The van der Waals surface area contributed by atoms with E-state index in [0.717, 1.165) is 4.57 Å². The maximum atomic E-state index is 12.2. The Labute approximate surface area is 138 Å². The Kier molecular flexibility index (Phi) is 3.52. The minimum absolute atomic E-state index is 0.0254. The van der Waals surface area contributed by atoms with Crippen molar-refractivity contribution in [1.29, 1.82) is 0 Å². The lowest BCUT2D eigenvalue weighted by atomic mass is 10.2. The summed E-state index contributed by atoms with van der Waals surface area (Å²) in [5.41, 5.74) is 0.160. The molecule has 0 unspecified atom stereocenters. The molecule has 0 aliphatic rings. The largest absolute Gasteiger partial charge is 0.504 e. The Morgan fingerprint density at radius 1 is 1.26 bits per heavy atom. The molecule has 8 nitrogen and oxygen atoms in total. The van der Waals surface area contributed by atoms with Crippen LogP contribution in [0.1, 0.15) is 0 Å². The topological polar surface area (TPSA) is 102 Å². The highest BCUT2D eigenvalue weighted by Crippen LogP contribution is 2.37. The number of benzene rings is 1. The van der Waals surface area contributed by atoms with Crippen molar-refractivity contribution in [2.75, 3.05) is 7.11 Å². The van der Waals surface area contributed by atoms with Gasteiger partial charge in [-0.15, -0.1) is 0 Å². The maximum absolute atomic E-state index is 12.2. The van der Waals surface area contributed by atoms with Crippen LogP contribution < -0.4 is 16.0 Å². The van der Waals surface area contributed by atoms with Crippen molar-refractivity contribution < 1.29 is 9.84 Å². The number of H-pyrrole nitrogens is 1. The zero-order valence-corrected chi connectivity index (χ0v) is 14.1. The molecule has 0 saturated carbocycles. The predicted molar refractivity (Wildman–Crippen MR) is 87.9 cm³/mol. The summed E-state index contributed by atoms with van der Waals surface area (Å²) in [5, 5.41) is 9.78. The van der Waals surface area contributed by atoms with Gasteiger partial charge < -0.3 is 14.8 Å². The second-order valence-corrected chi connectivity index (χ2v) is 5.85. The second-order valence-electron chi connectivity index (χ2n) is 4.99. The molecule has 23 heavy (non-hydrogen) atoms. The van der Waals surface area contributed by atoms with Gasteiger partial charge >= 0.3 is 5.69 Å². The Morgan fingerprint density at radius 3 is 2.61 bits per heavy atom. The van der Waals surface area contributed by atoms with E-state index < -0.39 is 11.2 Å². The molecule has 2 heterocycles. The van der Waals surface area contributed by atoms with Crippen molar-refractivity contribution in [2.24, 2.45) is 14.1 Å². The highest BCUT2D eigenvalue weighted by atomic mass is 79.9. The predicted octanol–water partition coefficient (Wildman–Crippen LogP) is 1.10. The van der Waals surface area contributed by atoms with E-state index in [4.69, 9.17) is 4.74 Å². The van der Waals surface area contributed by atoms with Crippen molar-refractivity contribution in [3.63, 3.8) is 0 Å². The lowest BCUT2D eigenvalue weighted by Gasteiger charge is -2.07. The second kappa shape index (κ2) is 5.27. The number of nitrogens with one attached hydrogen (secondary N) is 1. The SMILES string of the molecule is COc1cc(-c2nc3c([nH]2)c(=O)n(C)c(=O)n3C)c(Br)cc1O. The number of hydrogen-bond donors (Lipinski definition) is 2. The van der Waals surface area contributed by atoms with Gasteiger partial charge in [0.15, 0.2) is 17.1 Å². The minimum atomic E-state index is -0.456. The van der Waals surface area contributed by atoms with E-state index >= 15 is 0 Å². The molecule has 0 fully saturated rings. The van der Waals surface area contributed by atoms with E-state index in [1.807, 2.05) is 0 Å². The third kappa shape index (κ3) is 2.24. The molecule has 0 aliphatic carbocycles. The minimum Gasteiger partial charge on any atom is -0.504 e. The molecule has 120 valence electrons. The van der Waals surface area contributed by atoms with Crippen molar-refractivity contribution in [3.05, 3.63) is 37.4 Å². The monoisotopic (exact) mass is 380 g/mol. The van der Waals surface area contributed by atoms with Crippen LogP contribution >= 0.6 is 15.9 Å². The number of aryl methyl sites for hydroxylation is 1. The molecule has 0 aliphatic heterocycles. The number of aromatic hydroxyl groups is 1. The van der Waals surface area contributed by atoms with Gasteiger partial charge in [0.2, 0.25) is 0 Å². The fourth-order valence-electron chi connectivity index (χ4n) is 2.34. The first-order valence-corrected chi connectivity index (χ1v) is 7.37. The van der Waals surface area contributed by atoms with Gasteiger partial charge in [0.05, 0.1) is 7.11 Å². The van der Waals surface area contributed by atoms with Crippen molar-refractivity contribution >= 4 is 27.1 Å². The summed E-state index contributed by atoms with van der Waals surface area (Å²) in [7, 11) is 4.39. The summed E-state index contributed by atoms with van der Waals surface area (Å²) in [6.07, 6.45) is 0. The van der Waals surface area contributed by atoms with Gasteiger partial charge in [-0.2, -0.15) is 0 Å². The average molecular weight is 381 g/mol. The van der Waals surface area contributed by atoms with Gasteiger partial charge in [0.1, 0.15) is 11.3 Å². The Hall–Kier alpha value is -2.55. The van der Waals surface area contributed by atoms with Crippen molar-refractivity contribution in [3.8, 4) is 22.9 Å². The number of phenols is 1. The number of nitrogens with zero attached hydrogens (tertiary/aromatic N) is 3. The highest BCUT2D eigenvalue weighted by Gasteiger charge is 2.17. The first kappa shape index (κ1) is 15.3. The van der Waals surface area contributed by atoms with Gasteiger partial charge in [-0.05, 0) is 28.1 Å². The fraction of sp³-hybridized carbons (Fsp3) is 0.214. The normalized spacial score (nSPS) is 11.1. The van der Waals surface area contributed by atoms with Crippen LogP contribution in [0.15, 0.2) is 26.2 Å². The van der Waals surface area contributed by atoms with Crippen LogP contribution in [0.25, 0.3) is 22.6 Å². The zero-order chi connectivity index (χ0) is 16.9. The molecule has 0 atom stereocenters. The molecule has 3 rings (SSSR count). The molecule has 3 aromatic rings. The summed E-state index contributed by atoms with van der Waals surface area (Å²) in [4.78, 5) is 31.4. The number of imidazole rings is 1. The average Bonchev–Trinajstić information content (AvgIpc) is 2.96. The van der Waals surface area contributed by atoms with Gasteiger partial charge in [-0.25, -0.2) is 9.78 Å². The van der Waals surface area contributed by atoms with Gasteiger partial charge in [0, 0.05) is 24.1 Å². The third-order valence-electron chi connectivity index (χ3n) is 3.62. The van der Waals surface area contributed by atoms with E-state index in [1.54, 1.807) is 13.1 Å². The molecule has 0 bridgehead atoms. The number of hydrogen-bond acceptors (Lipinski definition) is 5. The van der Waals surface area contributed by atoms with E-state index in [0.29, 0.717) is 15.9 Å². The number of rotatable bonds is 2. The molecule has 1 aromatic carbocycles. The zero-order valence-electron chi connectivity index (χ0n) is 12.5. The summed E-state index contributed by atoms with van der Waals surface area (Å²) < 4.78 is 7.96. The standard InChI is InChI=1S/C14H13BrN4O4/c1-18-12-10(13(21)19(2)14(18)22)16-11(17-12)6-4-9(23-3)8(20)5-7(6)15/h4-5,20H,1-3H3,(H,16,17). The number of phenolic OH excluding ortho intramolecular Hbond substituents is 1. The number of methoxy groups -OCH3 is 1. The van der Waals surface area contributed by atoms with Crippen LogP contribution in [0.3, 0.4) is 0 Å². The number of aromatic amines is 1. The van der Waals surface area contributed by atoms with Crippen LogP contribution in [0.5, 0.6) is 11.5 Å². The Bertz CT molecular complexity index is 1050. The summed E-state index contributed by atoms with van der Waals surface area (Å²) in [6.45, 7) is 0. The maximum Gasteiger partial charge on any atom is 0.332 e. The Balaban J connectivity index is 2.35. The molecule has 2 aromatic heterocycles. The molecular formula is C14H13BrN4O4. The molecule has 0 saturated heterocycles. The number of ether oxygens (including phenoxy) is 1. The van der Waals surface area contributed by atoms with E-state index in [9.17, 15) is 14.7 Å². The summed E-state index contributed by atoms with van der Waals surface area (Å²) in [5.74, 6) is 0.622. The lowest BCUT2D eigenvalue weighted by Crippen LogP contribution is -2.36. The molecule has 0 spiro atoms. The van der Waals surface area contributed by atoms with Gasteiger partial charge in [-0.1, -0.05) is 0 Å². The first-order valence-electron chi connectivity index (χ1n) is 6.57. The third-order valence-corrected chi connectivity index (χ3v) is 4.27. The number of halogens is 1. The van der Waals surface area contributed by atoms with Crippen molar-refractivity contribution in [1.82, 2.24) is 19.1 Å².